The van der Waals surface area contributed by atoms with Gasteiger partial charge in [-0.25, -0.2) is 4.79 Å². The van der Waals surface area contributed by atoms with Crippen molar-refractivity contribution in [2.75, 3.05) is 6.54 Å². The van der Waals surface area contributed by atoms with Crippen LogP contribution in [0, 0.1) is 0 Å². The van der Waals surface area contributed by atoms with Crippen LogP contribution in [0.25, 0.3) is 0 Å². The van der Waals surface area contributed by atoms with E-state index in [9.17, 15) is 19.5 Å². The number of aliphatic carboxylic acids is 1. The molecule has 1 amide bonds. The van der Waals surface area contributed by atoms with Gasteiger partial charge >= 0.3 is 11.9 Å². The Labute approximate surface area is 353 Å². The quantitative estimate of drug-likeness (QED) is 0.0320. The third kappa shape index (κ3) is 42.1. The van der Waals surface area contributed by atoms with E-state index in [-0.39, 0.29) is 18.0 Å². The van der Waals surface area contributed by atoms with Crippen molar-refractivity contribution < 1.29 is 24.2 Å². The summed E-state index contributed by atoms with van der Waals surface area (Å²) in [5, 5.41) is 12.0. The van der Waals surface area contributed by atoms with Gasteiger partial charge < -0.3 is 20.9 Å². The third-order valence-corrected chi connectivity index (χ3v) is 11.6. The lowest BCUT2D eigenvalue weighted by Crippen LogP contribution is -2.40. The molecule has 0 rings (SSSR count). The molecule has 0 spiro atoms. The molecule has 7 nitrogen and oxygen atoms in total. The summed E-state index contributed by atoms with van der Waals surface area (Å²) in [6, 6.07) is -0.856. The van der Waals surface area contributed by atoms with Gasteiger partial charge in [0.15, 0.2) is 0 Å². The zero-order valence-corrected chi connectivity index (χ0v) is 38.0. The standard InChI is InChI=1S/C50H96N2O5/c1-3-5-7-9-11-13-15-17-19-21-23-25-27-29-34-38-44-49(54)57-46(40-35-31-28-26-24-22-20-18-16-14-12-10-8-6-4-2)41-36-32-30-33-37-43-48(53)52-47(50(55)56)42-39-45-51/h22,24,46-47H,3-21,23,25-45,51H2,1-2H3,(H,52,53)(H,55,56)/b24-22-. The van der Waals surface area contributed by atoms with E-state index in [4.69, 9.17) is 10.5 Å². The average Bonchev–Trinajstić information content (AvgIpc) is 3.20. The van der Waals surface area contributed by atoms with Crippen molar-refractivity contribution >= 4 is 17.8 Å². The number of carbonyl (C=O) groups excluding carboxylic acids is 2. The minimum atomic E-state index is -1.00. The zero-order valence-electron chi connectivity index (χ0n) is 38.0. The van der Waals surface area contributed by atoms with E-state index in [0.29, 0.717) is 32.2 Å². The van der Waals surface area contributed by atoms with Crippen molar-refractivity contribution in [2.45, 2.75) is 283 Å². The number of hydrogen-bond donors (Lipinski definition) is 3. The Bertz CT molecular complexity index is 909. The van der Waals surface area contributed by atoms with Crippen LogP contribution in [0.15, 0.2) is 12.2 Å². The smallest absolute Gasteiger partial charge is 0.326 e. The third-order valence-electron chi connectivity index (χ3n) is 11.6. The Morgan fingerprint density at radius 3 is 1.28 bits per heavy atom. The van der Waals surface area contributed by atoms with E-state index in [2.05, 4.69) is 31.3 Å². The van der Waals surface area contributed by atoms with Crippen LogP contribution in [0.3, 0.4) is 0 Å². The molecule has 336 valence electrons. The predicted octanol–water partition coefficient (Wildman–Crippen LogP) is 14.6. The number of esters is 1. The molecule has 0 aromatic heterocycles. The first kappa shape index (κ1) is 55.1. The highest BCUT2D eigenvalue weighted by atomic mass is 16.5. The van der Waals surface area contributed by atoms with Crippen LogP contribution in [0.1, 0.15) is 271 Å². The summed E-state index contributed by atoms with van der Waals surface area (Å²) >= 11 is 0. The Morgan fingerprint density at radius 1 is 0.491 bits per heavy atom. The summed E-state index contributed by atoms with van der Waals surface area (Å²) in [5.74, 6) is -1.22. The molecule has 0 saturated carbocycles. The van der Waals surface area contributed by atoms with E-state index in [1.165, 1.54) is 161 Å². The summed E-state index contributed by atoms with van der Waals surface area (Å²) in [4.78, 5) is 36.5. The molecule has 0 bridgehead atoms. The highest BCUT2D eigenvalue weighted by Crippen LogP contribution is 2.19. The minimum absolute atomic E-state index is 0.00308. The van der Waals surface area contributed by atoms with Gasteiger partial charge in [-0.3, -0.25) is 9.59 Å². The van der Waals surface area contributed by atoms with Crippen LogP contribution in [0.5, 0.6) is 0 Å². The van der Waals surface area contributed by atoms with E-state index >= 15 is 0 Å². The van der Waals surface area contributed by atoms with Gasteiger partial charge in [-0.15, -0.1) is 0 Å². The van der Waals surface area contributed by atoms with Gasteiger partial charge in [0.1, 0.15) is 12.1 Å². The number of hydrogen-bond acceptors (Lipinski definition) is 5. The second-order valence-corrected chi connectivity index (χ2v) is 17.2. The number of nitrogens with one attached hydrogen (secondary N) is 1. The molecule has 0 aliphatic rings. The molecule has 0 aliphatic carbocycles. The maximum absolute atomic E-state index is 12.9. The molecule has 0 aromatic rings. The van der Waals surface area contributed by atoms with Gasteiger partial charge in [-0.2, -0.15) is 0 Å². The highest BCUT2D eigenvalue weighted by molar-refractivity contribution is 5.83. The van der Waals surface area contributed by atoms with E-state index in [0.717, 1.165) is 70.6 Å². The summed E-state index contributed by atoms with van der Waals surface area (Å²) in [7, 11) is 0. The topological polar surface area (TPSA) is 119 Å². The molecule has 0 radical (unpaired) electrons. The van der Waals surface area contributed by atoms with Crippen molar-refractivity contribution in [1.29, 1.82) is 0 Å². The van der Waals surface area contributed by atoms with Crippen molar-refractivity contribution in [2.24, 2.45) is 5.73 Å². The van der Waals surface area contributed by atoms with E-state index in [1.54, 1.807) is 0 Å². The Hall–Kier alpha value is -1.89. The first-order valence-electron chi connectivity index (χ1n) is 25.0. The van der Waals surface area contributed by atoms with Gasteiger partial charge in [-0.05, 0) is 83.6 Å². The molecule has 57 heavy (non-hydrogen) atoms. The lowest BCUT2D eigenvalue weighted by Gasteiger charge is -2.18. The summed E-state index contributed by atoms with van der Waals surface area (Å²) in [6.07, 6.45) is 51.2. The Kier molecular flexibility index (Phi) is 43.7. The maximum Gasteiger partial charge on any atom is 0.326 e. The number of nitrogens with two attached hydrogens (primary N) is 1. The van der Waals surface area contributed by atoms with Gasteiger partial charge in [-0.1, -0.05) is 193 Å². The van der Waals surface area contributed by atoms with Crippen LogP contribution >= 0.6 is 0 Å². The second-order valence-electron chi connectivity index (χ2n) is 17.2. The fourth-order valence-corrected chi connectivity index (χ4v) is 7.80. The van der Waals surface area contributed by atoms with Crippen molar-refractivity contribution in [3.63, 3.8) is 0 Å². The van der Waals surface area contributed by atoms with Crippen LogP contribution in [0.2, 0.25) is 0 Å². The largest absolute Gasteiger partial charge is 0.480 e. The van der Waals surface area contributed by atoms with Crippen molar-refractivity contribution in [3.05, 3.63) is 12.2 Å². The first-order valence-corrected chi connectivity index (χ1v) is 25.0. The molecular formula is C50H96N2O5. The number of unbranched alkanes of at least 4 members (excludes halogenated alkanes) is 30. The van der Waals surface area contributed by atoms with Crippen LogP contribution in [0.4, 0.5) is 0 Å². The fourth-order valence-electron chi connectivity index (χ4n) is 7.80. The number of ether oxygens (including phenoxy) is 1. The number of carbonyl (C=O) groups is 3. The van der Waals surface area contributed by atoms with E-state index < -0.39 is 12.0 Å². The number of carboxylic acids is 1. The molecule has 2 unspecified atom stereocenters. The lowest BCUT2D eigenvalue weighted by atomic mass is 10.0. The van der Waals surface area contributed by atoms with Gasteiger partial charge in [0.05, 0.1) is 0 Å². The zero-order chi connectivity index (χ0) is 41.7. The summed E-state index contributed by atoms with van der Waals surface area (Å²) in [6.45, 7) is 4.97. The van der Waals surface area contributed by atoms with Gasteiger partial charge in [0.25, 0.3) is 0 Å². The molecule has 4 N–H and O–H groups in total. The van der Waals surface area contributed by atoms with Gasteiger partial charge in [0.2, 0.25) is 5.91 Å². The number of allylic oxidation sites excluding steroid dienone is 2. The van der Waals surface area contributed by atoms with E-state index in [1.807, 2.05) is 0 Å². The fraction of sp³-hybridized carbons (Fsp3) is 0.900. The summed E-state index contributed by atoms with van der Waals surface area (Å²) in [5.41, 5.74) is 5.50. The second kappa shape index (κ2) is 45.2. The average molecular weight is 805 g/mol. The van der Waals surface area contributed by atoms with Crippen LogP contribution < -0.4 is 11.1 Å². The normalized spacial score (nSPS) is 12.6. The monoisotopic (exact) mass is 805 g/mol. The van der Waals surface area contributed by atoms with Crippen LogP contribution in [-0.2, 0) is 19.1 Å². The molecule has 0 fully saturated rings. The molecule has 0 aliphatic heterocycles. The van der Waals surface area contributed by atoms with Crippen molar-refractivity contribution in [3.8, 4) is 0 Å². The van der Waals surface area contributed by atoms with Crippen molar-refractivity contribution in [1.82, 2.24) is 5.32 Å². The molecule has 0 saturated heterocycles. The summed E-state index contributed by atoms with van der Waals surface area (Å²) < 4.78 is 6.08. The highest BCUT2D eigenvalue weighted by Gasteiger charge is 2.19. The Morgan fingerprint density at radius 2 is 0.860 bits per heavy atom. The Balaban J connectivity index is 4.30. The number of rotatable bonds is 46. The number of carboxylic acid groups (broad SMARTS) is 1. The minimum Gasteiger partial charge on any atom is -0.480 e. The molecule has 0 aromatic carbocycles. The number of amides is 1. The SMILES string of the molecule is CCCCCCCCCC/C=C\CCCCCC(CCCCCCCC(=O)NC(CCCN)C(=O)O)OC(=O)CCCCCCCCCCCCCCCCCC. The van der Waals surface area contributed by atoms with Crippen LogP contribution in [-0.4, -0.2) is 41.6 Å². The first-order chi connectivity index (χ1) is 27.9. The predicted molar refractivity (Wildman–Crippen MR) is 244 cm³/mol. The molecule has 2 atom stereocenters. The lowest BCUT2D eigenvalue weighted by molar-refractivity contribution is -0.150. The van der Waals surface area contributed by atoms with Gasteiger partial charge in [0, 0.05) is 12.8 Å². The molecule has 7 heteroatoms. The maximum atomic E-state index is 12.9. The molecule has 0 heterocycles. The molecular weight excluding hydrogens is 709 g/mol.